The van der Waals surface area contributed by atoms with Crippen LogP contribution in [-0.4, -0.2) is 65.6 Å². The van der Waals surface area contributed by atoms with Crippen molar-refractivity contribution in [3.8, 4) is 0 Å². The minimum Gasteiger partial charge on any atom is -0.476 e. The number of carbonyl (C=O) groups excluding carboxylic acids is 1. The molecule has 0 saturated carbocycles. The van der Waals surface area contributed by atoms with E-state index in [-0.39, 0.29) is 17.9 Å². The highest BCUT2D eigenvalue weighted by Gasteiger charge is 2.14. The Balaban J connectivity index is 2.45. The standard InChI is InChI=1S/C12H18N4O5S/c1-3-16(22(2,20)21)6-4-5-13-11(17)9-7-15-10(8-14-9)12(18)19/h7-8H,3-6H2,1-2H3,(H,13,17)(H,18,19). The first kappa shape index (κ1) is 18.0. The molecule has 2 N–H and O–H groups in total. The van der Waals surface area contributed by atoms with E-state index in [4.69, 9.17) is 5.11 Å². The molecule has 0 aliphatic heterocycles. The minimum absolute atomic E-state index is 0.000427. The molecular formula is C12H18N4O5S. The van der Waals surface area contributed by atoms with E-state index in [0.717, 1.165) is 18.6 Å². The lowest BCUT2D eigenvalue weighted by atomic mass is 10.3. The maximum atomic E-state index is 11.7. The van der Waals surface area contributed by atoms with Gasteiger partial charge in [-0.2, -0.15) is 0 Å². The van der Waals surface area contributed by atoms with Crippen LogP contribution in [-0.2, 0) is 10.0 Å². The molecule has 0 aliphatic rings. The Morgan fingerprint density at radius 1 is 1.27 bits per heavy atom. The van der Waals surface area contributed by atoms with Crippen molar-refractivity contribution in [2.45, 2.75) is 13.3 Å². The van der Waals surface area contributed by atoms with E-state index < -0.39 is 21.9 Å². The molecule has 0 aliphatic carbocycles. The molecule has 1 amide bonds. The van der Waals surface area contributed by atoms with Crippen LogP contribution in [0.4, 0.5) is 0 Å². The van der Waals surface area contributed by atoms with Crippen molar-refractivity contribution in [1.82, 2.24) is 19.6 Å². The summed E-state index contributed by atoms with van der Waals surface area (Å²) in [5.41, 5.74) is -0.247. The predicted molar refractivity (Wildman–Crippen MR) is 78.0 cm³/mol. The van der Waals surface area contributed by atoms with Crippen LogP contribution in [0.5, 0.6) is 0 Å². The van der Waals surface area contributed by atoms with Crippen molar-refractivity contribution in [2.24, 2.45) is 0 Å². The summed E-state index contributed by atoms with van der Waals surface area (Å²) in [5, 5.41) is 11.2. The molecule has 0 aromatic carbocycles. The van der Waals surface area contributed by atoms with Gasteiger partial charge in [-0.05, 0) is 6.42 Å². The molecule has 0 unspecified atom stereocenters. The average molecular weight is 330 g/mol. The van der Waals surface area contributed by atoms with Crippen LogP contribution >= 0.6 is 0 Å². The van der Waals surface area contributed by atoms with Gasteiger partial charge in [0, 0.05) is 19.6 Å². The fourth-order valence-electron chi connectivity index (χ4n) is 1.66. The van der Waals surface area contributed by atoms with Gasteiger partial charge in [0.1, 0.15) is 5.69 Å². The number of carboxylic acids is 1. The van der Waals surface area contributed by atoms with E-state index in [2.05, 4.69) is 15.3 Å². The molecule has 0 bridgehead atoms. The van der Waals surface area contributed by atoms with Crippen molar-refractivity contribution in [2.75, 3.05) is 25.9 Å². The van der Waals surface area contributed by atoms with Crippen molar-refractivity contribution in [1.29, 1.82) is 0 Å². The molecular weight excluding hydrogens is 312 g/mol. The van der Waals surface area contributed by atoms with Crippen molar-refractivity contribution < 1.29 is 23.1 Å². The molecule has 0 atom stereocenters. The summed E-state index contributed by atoms with van der Waals surface area (Å²) in [5.74, 6) is -1.72. The zero-order chi connectivity index (χ0) is 16.8. The maximum absolute atomic E-state index is 11.7. The third-order valence-corrected chi connectivity index (χ3v) is 4.17. The summed E-state index contributed by atoms with van der Waals surface area (Å²) in [7, 11) is -3.24. The predicted octanol–water partition coefficient (Wildman–Crippen LogP) is -0.424. The Kier molecular flexibility index (Phi) is 6.38. The first-order valence-corrected chi connectivity index (χ1v) is 8.39. The largest absolute Gasteiger partial charge is 0.476 e. The van der Waals surface area contributed by atoms with Crippen LogP contribution in [0, 0.1) is 0 Å². The number of aromatic carboxylic acids is 1. The third-order valence-electron chi connectivity index (χ3n) is 2.80. The Hall–Kier alpha value is -2.07. The number of nitrogens with one attached hydrogen (secondary N) is 1. The lowest BCUT2D eigenvalue weighted by Gasteiger charge is -2.17. The Bertz CT molecular complexity index is 629. The van der Waals surface area contributed by atoms with Gasteiger partial charge >= 0.3 is 5.97 Å². The molecule has 122 valence electrons. The second-order valence-electron chi connectivity index (χ2n) is 4.46. The molecule has 1 aromatic heterocycles. The smallest absolute Gasteiger partial charge is 0.356 e. The van der Waals surface area contributed by atoms with Crippen LogP contribution < -0.4 is 5.32 Å². The second-order valence-corrected chi connectivity index (χ2v) is 6.44. The van der Waals surface area contributed by atoms with Crippen LogP contribution in [0.25, 0.3) is 0 Å². The molecule has 0 fully saturated rings. The van der Waals surface area contributed by atoms with Gasteiger partial charge < -0.3 is 10.4 Å². The second kappa shape index (κ2) is 7.80. The van der Waals surface area contributed by atoms with E-state index in [1.807, 2.05) is 0 Å². The van der Waals surface area contributed by atoms with E-state index in [1.165, 1.54) is 4.31 Å². The Labute approximate surface area is 128 Å². The third kappa shape index (κ3) is 5.37. The summed E-state index contributed by atoms with van der Waals surface area (Å²) >= 11 is 0. The number of hydrogen-bond donors (Lipinski definition) is 2. The van der Waals surface area contributed by atoms with E-state index >= 15 is 0 Å². The number of nitrogens with zero attached hydrogens (tertiary/aromatic N) is 3. The highest BCUT2D eigenvalue weighted by atomic mass is 32.2. The van der Waals surface area contributed by atoms with Gasteiger partial charge in [0.25, 0.3) is 5.91 Å². The first-order valence-electron chi connectivity index (χ1n) is 6.54. The monoisotopic (exact) mass is 330 g/mol. The number of carboxylic acid groups (broad SMARTS) is 1. The normalized spacial score (nSPS) is 11.4. The molecule has 1 heterocycles. The topological polar surface area (TPSA) is 130 Å². The van der Waals surface area contributed by atoms with Gasteiger partial charge in [0.2, 0.25) is 10.0 Å². The minimum atomic E-state index is -3.24. The molecule has 22 heavy (non-hydrogen) atoms. The highest BCUT2D eigenvalue weighted by molar-refractivity contribution is 7.88. The van der Waals surface area contributed by atoms with Gasteiger partial charge in [-0.15, -0.1) is 0 Å². The van der Waals surface area contributed by atoms with Gasteiger partial charge in [0.15, 0.2) is 5.69 Å². The zero-order valence-electron chi connectivity index (χ0n) is 12.3. The summed E-state index contributed by atoms with van der Waals surface area (Å²) in [6.45, 7) is 2.68. The quantitative estimate of drug-likeness (QED) is 0.619. The van der Waals surface area contributed by atoms with Gasteiger partial charge in [-0.25, -0.2) is 27.5 Å². The summed E-state index contributed by atoms with van der Waals surface area (Å²) in [6, 6.07) is 0. The van der Waals surface area contributed by atoms with E-state index in [0.29, 0.717) is 19.5 Å². The molecule has 10 heteroatoms. The van der Waals surface area contributed by atoms with E-state index in [1.54, 1.807) is 6.92 Å². The summed E-state index contributed by atoms with van der Waals surface area (Å²) in [4.78, 5) is 29.7. The molecule has 0 saturated heterocycles. The zero-order valence-corrected chi connectivity index (χ0v) is 13.1. The number of rotatable bonds is 8. The number of amides is 1. The number of hydrogen-bond acceptors (Lipinski definition) is 6. The summed E-state index contributed by atoms with van der Waals surface area (Å²) < 4.78 is 24.0. The first-order chi connectivity index (χ1) is 10.3. The SMILES string of the molecule is CCN(CCCNC(=O)c1cnc(C(=O)O)cn1)S(C)(=O)=O. The molecule has 0 spiro atoms. The molecule has 1 rings (SSSR count). The van der Waals surface area contributed by atoms with Crippen molar-refractivity contribution in [3.63, 3.8) is 0 Å². The summed E-state index contributed by atoms with van der Waals surface area (Å²) in [6.07, 6.45) is 3.66. The lowest BCUT2D eigenvalue weighted by molar-refractivity contribution is 0.0689. The van der Waals surface area contributed by atoms with Crippen LogP contribution in [0.15, 0.2) is 12.4 Å². The molecule has 0 radical (unpaired) electrons. The van der Waals surface area contributed by atoms with Gasteiger partial charge in [0.05, 0.1) is 18.6 Å². The molecule has 1 aromatic rings. The lowest BCUT2D eigenvalue weighted by Crippen LogP contribution is -2.33. The van der Waals surface area contributed by atoms with Crippen LogP contribution in [0.3, 0.4) is 0 Å². The van der Waals surface area contributed by atoms with Gasteiger partial charge in [-0.3, -0.25) is 4.79 Å². The Morgan fingerprint density at radius 2 is 1.86 bits per heavy atom. The highest BCUT2D eigenvalue weighted by Crippen LogP contribution is 1.99. The number of carbonyl (C=O) groups is 2. The maximum Gasteiger partial charge on any atom is 0.356 e. The fourth-order valence-corrected chi connectivity index (χ4v) is 2.59. The van der Waals surface area contributed by atoms with Gasteiger partial charge in [-0.1, -0.05) is 6.92 Å². The van der Waals surface area contributed by atoms with E-state index in [9.17, 15) is 18.0 Å². The molecule has 9 nitrogen and oxygen atoms in total. The number of aromatic nitrogens is 2. The average Bonchev–Trinajstić information content (AvgIpc) is 2.45. The number of sulfonamides is 1. The van der Waals surface area contributed by atoms with Crippen molar-refractivity contribution in [3.05, 3.63) is 23.8 Å². The van der Waals surface area contributed by atoms with Crippen LogP contribution in [0.2, 0.25) is 0 Å². The van der Waals surface area contributed by atoms with Crippen molar-refractivity contribution >= 4 is 21.9 Å². The fraction of sp³-hybridized carbons (Fsp3) is 0.500. The Morgan fingerprint density at radius 3 is 2.32 bits per heavy atom. The van der Waals surface area contributed by atoms with Crippen LogP contribution in [0.1, 0.15) is 34.3 Å².